The lowest BCUT2D eigenvalue weighted by Crippen LogP contribution is -2.43. The summed E-state index contributed by atoms with van der Waals surface area (Å²) < 4.78 is 0. The Kier molecular flexibility index (Phi) is 12.9. The number of fused-ring (bicyclic) bond motifs is 2. The second kappa shape index (κ2) is 16.9. The second-order valence-corrected chi connectivity index (χ2v) is 14.7. The van der Waals surface area contributed by atoms with Crippen molar-refractivity contribution in [1.29, 1.82) is 31.6 Å². The van der Waals surface area contributed by atoms with E-state index >= 15 is 0 Å². The van der Waals surface area contributed by atoms with Crippen molar-refractivity contribution in [2.75, 3.05) is 29.6 Å². The molecule has 2 aliphatic carbocycles. The third-order valence-corrected chi connectivity index (χ3v) is 12.0. The van der Waals surface area contributed by atoms with Gasteiger partial charge in [0.15, 0.2) is 10.8 Å². The number of benzene rings is 2. The van der Waals surface area contributed by atoms with Crippen molar-refractivity contribution < 1.29 is 5.11 Å². The summed E-state index contributed by atoms with van der Waals surface area (Å²) in [7, 11) is 0. The van der Waals surface area contributed by atoms with Crippen molar-refractivity contribution in [2.24, 2.45) is 34.1 Å². The number of hydrogen-bond acceptors (Lipinski definition) is 11. The maximum absolute atomic E-state index is 9.87. The van der Waals surface area contributed by atoms with Crippen molar-refractivity contribution >= 4 is 46.7 Å². The largest absolute Gasteiger partial charge is 0.399 e. The van der Waals surface area contributed by atoms with Gasteiger partial charge in [0.05, 0.1) is 46.8 Å². The molecule has 0 amide bonds. The average molecular weight is 752 g/mol. The van der Waals surface area contributed by atoms with E-state index in [9.17, 15) is 31.6 Å². The van der Waals surface area contributed by atoms with Gasteiger partial charge in [-0.25, -0.2) is 0 Å². The van der Waals surface area contributed by atoms with E-state index in [2.05, 4.69) is 36.4 Å². The molecule has 0 spiro atoms. The number of thioether (sulfide) groups is 2. The van der Waals surface area contributed by atoms with Crippen LogP contribution in [-0.2, 0) is 0 Å². The molecule has 0 radical (unpaired) electrons. The molecule has 5 N–H and O–H groups in total. The van der Waals surface area contributed by atoms with E-state index in [1.165, 1.54) is 0 Å². The van der Waals surface area contributed by atoms with Crippen molar-refractivity contribution in [3.8, 4) is 36.4 Å². The number of aliphatic hydroxyl groups is 1. The first-order valence-corrected chi connectivity index (χ1v) is 18.8. The van der Waals surface area contributed by atoms with Gasteiger partial charge in [0.25, 0.3) is 0 Å². The molecule has 2 aromatic carbocycles. The number of nitrogens with zero attached hydrogens (tertiary/aromatic N) is 6. The Hall–Kier alpha value is -4.82. The molecule has 0 fully saturated rings. The van der Waals surface area contributed by atoms with E-state index in [1.807, 2.05) is 36.4 Å². The van der Waals surface area contributed by atoms with E-state index in [0.29, 0.717) is 21.6 Å². The van der Waals surface area contributed by atoms with Crippen molar-refractivity contribution in [3.05, 3.63) is 116 Å². The van der Waals surface area contributed by atoms with Gasteiger partial charge in [-0.15, -0.1) is 0 Å². The minimum Gasteiger partial charge on any atom is -0.399 e. The molecular formula is C38H32Cl2N8OS2. The monoisotopic (exact) mass is 750 g/mol. The molecule has 0 bridgehead atoms. The lowest BCUT2D eigenvalue weighted by molar-refractivity contribution is 0.318. The molecule has 4 unspecified atom stereocenters. The zero-order valence-corrected chi connectivity index (χ0v) is 30.6. The number of nitrogens with two attached hydrogens (primary N) is 2. The molecule has 4 aliphatic rings. The highest BCUT2D eigenvalue weighted by Crippen LogP contribution is 2.57. The molecule has 2 aromatic rings. The quantitative estimate of drug-likeness (QED) is 0.284. The third kappa shape index (κ3) is 6.81. The summed E-state index contributed by atoms with van der Waals surface area (Å²) in [4.78, 5) is 0. The van der Waals surface area contributed by atoms with Gasteiger partial charge in [0.2, 0.25) is 0 Å². The van der Waals surface area contributed by atoms with Crippen molar-refractivity contribution in [2.45, 2.75) is 18.8 Å². The Bertz CT molecular complexity index is 1910. The predicted octanol–water partition coefficient (Wildman–Crippen LogP) is 6.99. The zero-order valence-electron chi connectivity index (χ0n) is 27.5. The molecule has 13 heteroatoms. The van der Waals surface area contributed by atoms with E-state index in [4.69, 9.17) is 39.8 Å². The first-order chi connectivity index (χ1) is 24.6. The third-order valence-electron chi connectivity index (χ3n) is 9.35. The van der Waals surface area contributed by atoms with Gasteiger partial charge in [0.1, 0.15) is 12.1 Å². The Morgan fingerprint density at radius 2 is 1.02 bits per heavy atom. The topological polar surface area (TPSA) is 215 Å². The first kappa shape index (κ1) is 39.0. The highest BCUT2D eigenvalue weighted by Gasteiger charge is 2.55. The zero-order chi connectivity index (χ0) is 37.3. The molecule has 9 nitrogen and oxygen atoms in total. The molecule has 0 saturated heterocycles. The summed E-state index contributed by atoms with van der Waals surface area (Å²) in [6.07, 6.45) is 3.96. The van der Waals surface area contributed by atoms with Crippen LogP contribution >= 0.6 is 46.7 Å². The van der Waals surface area contributed by atoms with Gasteiger partial charge in [-0.1, -0.05) is 71.8 Å². The van der Waals surface area contributed by atoms with E-state index < -0.39 is 22.7 Å². The average Bonchev–Trinajstić information content (AvgIpc) is 3.15. The van der Waals surface area contributed by atoms with E-state index in [0.717, 1.165) is 33.8 Å². The molecule has 6 rings (SSSR count). The fourth-order valence-corrected chi connectivity index (χ4v) is 9.74. The summed E-state index contributed by atoms with van der Waals surface area (Å²) in [6.45, 7) is 1.93. The first-order valence-electron chi connectivity index (χ1n) is 15.7. The molecule has 51 heavy (non-hydrogen) atoms. The molecular weight excluding hydrogens is 720 g/mol. The minimum absolute atomic E-state index is 0.0364. The summed E-state index contributed by atoms with van der Waals surface area (Å²) in [5.41, 5.74) is 12.9. The number of aliphatic hydroxyl groups excluding tert-OH is 1. The van der Waals surface area contributed by atoms with E-state index in [1.54, 1.807) is 54.7 Å². The number of nitriles is 6. The molecule has 2 aliphatic heterocycles. The molecule has 0 saturated carbocycles. The second-order valence-electron chi connectivity index (χ2n) is 11.8. The lowest BCUT2D eigenvalue weighted by Gasteiger charge is -2.43. The minimum atomic E-state index is -1.60. The van der Waals surface area contributed by atoms with Gasteiger partial charge >= 0.3 is 0 Å². The van der Waals surface area contributed by atoms with Gasteiger partial charge in [-0.05, 0) is 41.3 Å². The predicted molar refractivity (Wildman–Crippen MR) is 200 cm³/mol. The molecule has 0 aromatic heterocycles. The fraction of sp³-hybridized carbons (Fsp3) is 0.316. The van der Waals surface area contributed by atoms with Crippen LogP contribution in [0.2, 0.25) is 10.0 Å². The SMILES string of the molecule is CCO.N#CC1=C(N)C(C#N)(C#N)C(c2ccccc2Cl)C2CSCC=C12.N#CC1=C(N)C(C#N)(C#N)C(c2ccccc2Cl)C2CSCC=C12. The van der Waals surface area contributed by atoms with Gasteiger partial charge in [-0.2, -0.15) is 55.1 Å². The molecule has 256 valence electrons. The highest BCUT2D eigenvalue weighted by atomic mass is 35.5. The Labute approximate surface area is 316 Å². The van der Waals surface area contributed by atoms with Crippen molar-refractivity contribution in [1.82, 2.24) is 0 Å². The van der Waals surface area contributed by atoms with Crippen LogP contribution in [0.3, 0.4) is 0 Å². The number of rotatable bonds is 2. The van der Waals surface area contributed by atoms with Crippen LogP contribution in [-0.4, -0.2) is 34.7 Å². The summed E-state index contributed by atoms with van der Waals surface area (Å²) in [5.74, 6) is 1.69. The maximum atomic E-state index is 9.87. The van der Waals surface area contributed by atoms with Gasteiger partial charge < -0.3 is 16.6 Å². The van der Waals surface area contributed by atoms with Crippen LogP contribution < -0.4 is 11.5 Å². The van der Waals surface area contributed by atoms with Gasteiger partial charge in [0, 0.05) is 63.3 Å². The van der Waals surface area contributed by atoms with Crippen LogP contribution in [0.25, 0.3) is 0 Å². The smallest absolute Gasteiger partial charge is 0.191 e. The van der Waals surface area contributed by atoms with Crippen molar-refractivity contribution in [3.63, 3.8) is 0 Å². The van der Waals surface area contributed by atoms with Crippen LogP contribution in [0.1, 0.15) is 29.9 Å². The molecule has 2 heterocycles. The number of halogens is 2. The standard InChI is InChI=1S/2C18H13ClN4S.C2H6O/c2*19-15-4-2-1-3-12(15)16-14-8-24-6-5-11(14)13(7-20)17(23)18(16,9-21)10-22;1-2-3/h2*1-5,14,16H,6,8,23H2;3H,2H2,1H3. The number of allylic oxidation sites excluding steroid dienone is 6. The van der Waals surface area contributed by atoms with E-state index in [-0.39, 0.29) is 41.0 Å². The van der Waals surface area contributed by atoms with Crippen LogP contribution in [0.4, 0.5) is 0 Å². The fourth-order valence-electron chi connectivity index (χ4n) is 7.11. The summed E-state index contributed by atoms with van der Waals surface area (Å²) >= 11 is 16.2. The highest BCUT2D eigenvalue weighted by molar-refractivity contribution is 7.99. The van der Waals surface area contributed by atoms with Crippen LogP contribution in [0.5, 0.6) is 0 Å². The normalized spacial score (nSPS) is 23.7. The Balaban J connectivity index is 0.000000212. The summed E-state index contributed by atoms with van der Waals surface area (Å²) in [5, 5.41) is 67.2. The van der Waals surface area contributed by atoms with Crippen LogP contribution in [0, 0.1) is 90.7 Å². The maximum Gasteiger partial charge on any atom is 0.191 e. The molecule has 4 atom stereocenters. The Morgan fingerprint density at radius 1 is 0.686 bits per heavy atom. The summed E-state index contributed by atoms with van der Waals surface area (Å²) in [6, 6.07) is 27.0. The Morgan fingerprint density at radius 3 is 1.31 bits per heavy atom. The van der Waals surface area contributed by atoms with Gasteiger partial charge in [-0.3, -0.25) is 0 Å². The number of hydrogen-bond donors (Lipinski definition) is 3. The lowest BCUT2D eigenvalue weighted by atomic mass is 9.59. The van der Waals surface area contributed by atoms with Crippen LogP contribution in [0.15, 0.2) is 94.4 Å².